The van der Waals surface area contributed by atoms with Crippen LogP contribution in [0.1, 0.15) is 12.0 Å². The Morgan fingerprint density at radius 3 is 2.67 bits per heavy atom. The molecule has 0 radical (unpaired) electrons. The molecule has 1 aromatic carbocycles. The fourth-order valence-corrected chi connectivity index (χ4v) is 2.41. The Kier molecular flexibility index (Phi) is 3.11. The first kappa shape index (κ1) is 11.8. The average molecular weight is 251 g/mol. The molecule has 1 saturated heterocycles. The van der Waals surface area contributed by atoms with E-state index in [-0.39, 0.29) is 0 Å². The number of hydrogen-bond acceptors (Lipinski definition) is 5. The largest absolute Gasteiger partial charge is 0.454 e. The number of fused-ring (bicyclic) bond motifs is 1. The first-order valence-electron chi connectivity index (χ1n) is 6.18. The summed E-state index contributed by atoms with van der Waals surface area (Å²) in [6.07, 6.45) is 1.38. The maximum Gasteiger partial charge on any atom is 0.231 e. The van der Waals surface area contributed by atoms with E-state index in [1.807, 2.05) is 18.2 Å². The minimum Gasteiger partial charge on any atom is -0.454 e. The van der Waals surface area contributed by atoms with Crippen LogP contribution >= 0.6 is 0 Å². The molecule has 5 nitrogen and oxygen atoms in total. The van der Waals surface area contributed by atoms with Crippen LogP contribution in [-0.2, 0) is 15.9 Å². The Labute approximate surface area is 106 Å². The minimum atomic E-state index is -0.567. The molecule has 0 aromatic heterocycles. The van der Waals surface area contributed by atoms with Crippen molar-refractivity contribution >= 4 is 0 Å². The van der Waals surface area contributed by atoms with E-state index < -0.39 is 5.79 Å². The Morgan fingerprint density at radius 2 is 1.89 bits per heavy atom. The quantitative estimate of drug-likeness (QED) is 0.866. The molecule has 0 saturated carbocycles. The van der Waals surface area contributed by atoms with Crippen molar-refractivity contribution in [1.29, 1.82) is 0 Å². The lowest BCUT2D eigenvalue weighted by molar-refractivity contribution is -0.158. The van der Waals surface area contributed by atoms with Gasteiger partial charge < -0.3 is 24.7 Å². The maximum absolute atomic E-state index is 5.73. The fourth-order valence-electron chi connectivity index (χ4n) is 2.41. The van der Waals surface area contributed by atoms with Crippen LogP contribution in [-0.4, -0.2) is 32.3 Å². The number of ether oxygens (including phenoxy) is 4. The van der Waals surface area contributed by atoms with Gasteiger partial charge in [-0.05, 0) is 24.2 Å². The predicted molar refractivity (Wildman–Crippen MR) is 64.6 cm³/mol. The smallest absolute Gasteiger partial charge is 0.231 e. The highest BCUT2D eigenvalue weighted by molar-refractivity contribution is 5.44. The van der Waals surface area contributed by atoms with Gasteiger partial charge in [0.2, 0.25) is 6.79 Å². The molecule has 2 aliphatic rings. The van der Waals surface area contributed by atoms with Crippen LogP contribution in [0.5, 0.6) is 11.5 Å². The Bertz CT molecular complexity index is 429. The van der Waals surface area contributed by atoms with Crippen LogP contribution in [0.25, 0.3) is 0 Å². The van der Waals surface area contributed by atoms with E-state index in [1.165, 1.54) is 0 Å². The van der Waals surface area contributed by atoms with Crippen LogP contribution in [0.15, 0.2) is 18.2 Å². The van der Waals surface area contributed by atoms with E-state index in [4.69, 9.17) is 24.7 Å². The zero-order chi connectivity index (χ0) is 12.4. The molecule has 1 fully saturated rings. The standard InChI is InChI=1S/C13H17NO4/c14-4-3-13(17-5-6-18-13)8-10-1-2-11-12(7-10)16-9-15-11/h1-2,7H,3-6,8-9,14H2. The zero-order valence-corrected chi connectivity index (χ0v) is 10.2. The van der Waals surface area contributed by atoms with Gasteiger partial charge in [0.1, 0.15) is 0 Å². The summed E-state index contributed by atoms with van der Waals surface area (Å²) in [5.41, 5.74) is 6.74. The van der Waals surface area contributed by atoms with Crippen molar-refractivity contribution in [2.24, 2.45) is 5.73 Å². The molecule has 0 atom stereocenters. The van der Waals surface area contributed by atoms with Gasteiger partial charge in [-0.2, -0.15) is 0 Å². The molecule has 0 bridgehead atoms. The van der Waals surface area contributed by atoms with Gasteiger partial charge in [-0.1, -0.05) is 6.07 Å². The van der Waals surface area contributed by atoms with Crippen molar-refractivity contribution < 1.29 is 18.9 Å². The zero-order valence-electron chi connectivity index (χ0n) is 10.2. The summed E-state index contributed by atoms with van der Waals surface area (Å²) >= 11 is 0. The second-order valence-electron chi connectivity index (χ2n) is 4.51. The van der Waals surface area contributed by atoms with E-state index in [2.05, 4.69) is 0 Å². The second-order valence-corrected chi connectivity index (χ2v) is 4.51. The number of hydrogen-bond donors (Lipinski definition) is 1. The molecule has 0 amide bonds. The molecular weight excluding hydrogens is 234 g/mol. The van der Waals surface area contributed by atoms with Gasteiger partial charge in [0.25, 0.3) is 0 Å². The molecule has 0 unspecified atom stereocenters. The van der Waals surface area contributed by atoms with Crippen LogP contribution in [0.3, 0.4) is 0 Å². The van der Waals surface area contributed by atoms with Gasteiger partial charge in [-0.3, -0.25) is 0 Å². The van der Waals surface area contributed by atoms with E-state index in [0.717, 1.165) is 17.1 Å². The van der Waals surface area contributed by atoms with Crippen molar-refractivity contribution in [3.05, 3.63) is 23.8 Å². The summed E-state index contributed by atoms with van der Waals surface area (Å²) in [5.74, 6) is 1.01. The molecule has 2 N–H and O–H groups in total. The van der Waals surface area contributed by atoms with Crippen molar-refractivity contribution in [2.45, 2.75) is 18.6 Å². The van der Waals surface area contributed by atoms with Gasteiger partial charge >= 0.3 is 0 Å². The van der Waals surface area contributed by atoms with Crippen LogP contribution in [0.4, 0.5) is 0 Å². The van der Waals surface area contributed by atoms with Crippen LogP contribution in [0, 0.1) is 0 Å². The summed E-state index contributed by atoms with van der Waals surface area (Å²) < 4.78 is 22.1. The van der Waals surface area contributed by atoms with Crippen LogP contribution < -0.4 is 15.2 Å². The molecule has 18 heavy (non-hydrogen) atoms. The third kappa shape index (κ3) is 2.16. The van der Waals surface area contributed by atoms with Crippen molar-refractivity contribution in [1.82, 2.24) is 0 Å². The lowest BCUT2D eigenvalue weighted by Gasteiger charge is -2.27. The summed E-state index contributed by atoms with van der Waals surface area (Å²) in [6.45, 7) is 2.10. The third-order valence-corrected chi connectivity index (χ3v) is 3.25. The average Bonchev–Trinajstić information content (AvgIpc) is 2.98. The summed E-state index contributed by atoms with van der Waals surface area (Å²) in [7, 11) is 0. The number of benzene rings is 1. The Morgan fingerprint density at radius 1 is 1.11 bits per heavy atom. The van der Waals surface area contributed by atoms with Gasteiger partial charge in [0.15, 0.2) is 17.3 Å². The molecule has 1 aromatic rings. The Balaban J connectivity index is 1.78. The van der Waals surface area contributed by atoms with E-state index >= 15 is 0 Å². The van der Waals surface area contributed by atoms with Crippen molar-refractivity contribution in [2.75, 3.05) is 26.6 Å². The van der Waals surface area contributed by atoms with E-state index in [9.17, 15) is 0 Å². The fraction of sp³-hybridized carbons (Fsp3) is 0.538. The summed E-state index contributed by atoms with van der Waals surface area (Å²) in [5, 5.41) is 0. The SMILES string of the molecule is NCCC1(Cc2ccc3c(c2)OCO3)OCCO1. The Hall–Kier alpha value is -1.30. The minimum absolute atomic E-state index is 0.291. The normalized spacial score (nSPS) is 20.3. The topological polar surface area (TPSA) is 62.9 Å². The molecule has 0 spiro atoms. The van der Waals surface area contributed by atoms with Gasteiger partial charge in [0, 0.05) is 12.8 Å². The molecule has 3 rings (SSSR count). The highest BCUT2D eigenvalue weighted by Crippen LogP contribution is 2.35. The van der Waals surface area contributed by atoms with Gasteiger partial charge in [0.05, 0.1) is 13.2 Å². The van der Waals surface area contributed by atoms with E-state index in [0.29, 0.717) is 39.4 Å². The molecule has 5 heteroatoms. The highest BCUT2D eigenvalue weighted by Gasteiger charge is 2.36. The molecule has 2 aliphatic heterocycles. The van der Waals surface area contributed by atoms with E-state index in [1.54, 1.807) is 0 Å². The van der Waals surface area contributed by atoms with Gasteiger partial charge in [-0.25, -0.2) is 0 Å². The predicted octanol–water partition coefficient (Wildman–Crippen LogP) is 1.05. The first-order chi connectivity index (χ1) is 8.81. The maximum atomic E-state index is 5.73. The lowest BCUT2D eigenvalue weighted by atomic mass is 10.0. The highest BCUT2D eigenvalue weighted by atomic mass is 16.7. The molecule has 98 valence electrons. The monoisotopic (exact) mass is 251 g/mol. The van der Waals surface area contributed by atoms with Crippen LogP contribution in [0.2, 0.25) is 0 Å². The molecular formula is C13H17NO4. The van der Waals surface area contributed by atoms with Gasteiger partial charge in [-0.15, -0.1) is 0 Å². The van der Waals surface area contributed by atoms with Crippen molar-refractivity contribution in [3.8, 4) is 11.5 Å². The molecule has 0 aliphatic carbocycles. The molecule has 2 heterocycles. The summed E-state index contributed by atoms with van der Waals surface area (Å²) in [4.78, 5) is 0. The third-order valence-electron chi connectivity index (χ3n) is 3.25. The second kappa shape index (κ2) is 4.76. The van der Waals surface area contributed by atoms with Crippen molar-refractivity contribution in [3.63, 3.8) is 0 Å². The summed E-state index contributed by atoms with van der Waals surface area (Å²) in [6, 6.07) is 5.91. The first-order valence-corrected chi connectivity index (χ1v) is 6.18. The number of rotatable bonds is 4. The lowest BCUT2D eigenvalue weighted by Crippen LogP contribution is -2.35. The number of nitrogens with two attached hydrogens (primary N) is 1.